The Morgan fingerprint density at radius 3 is 2.68 bits per heavy atom. The van der Waals surface area contributed by atoms with Crippen molar-refractivity contribution in [2.75, 3.05) is 19.7 Å². The Morgan fingerprint density at radius 1 is 1.16 bits per heavy atom. The molecule has 0 aliphatic heterocycles. The van der Waals surface area contributed by atoms with Crippen molar-refractivity contribution in [2.45, 2.75) is 39.0 Å². The van der Waals surface area contributed by atoms with Crippen molar-refractivity contribution in [3.63, 3.8) is 0 Å². The molecule has 0 saturated carbocycles. The molecular weight excluding hydrogens is 326 g/mol. The maximum atomic E-state index is 5.88. The van der Waals surface area contributed by atoms with Gasteiger partial charge in [0.15, 0.2) is 0 Å². The van der Waals surface area contributed by atoms with E-state index < -0.39 is 0 Å². The minimum atomic E-state index is 0.721. The Hall–Kier alpha value is -0.250. The highest BCUT2D eigenvalue weighted by molar-refractivity contribution is 9.10. The van der Waals surface area contributed by atoms with Gasteiger partial charge in [-0.25, -0.2) is 0 Å². The predicted octanol–water partition coefficient (Wildman–Crippen LogP) is 5.04. The van der Waals surface area contributed by atoms with Crippen molar-refractivity contribution in [1.82, 2.24) is 5.32 Å². The third-order valence-corrected chi connectivity index (χ3v) is 3.68. The van der Waals surface area contributed by atoms with Crippen LogP contribution in [-0.2, 0) is 0 Å². The normalized spacial score (nSPS) is 10.7. The molecule has 0 fully saturated rings. The largest absolute Gasteiger partial charge is 0.492 e. The number of unbranched alkanes of at least 4 members (excludes halogenated alkanes) is 3. The van der Waals surface area contributed by atoms with Crippen LogP contribution < -0.4 is 10.1 Å². The van der Waals surface area contributed by atoms with E-state index in [1.165, 1.54) is 25.7 Å². The van der Waals surface area contributed by atoms with E-state index in [0.29, 0.717) is 0 Å². The van der Waals surface area contributed by atoms with Crippen molar-refractivity contribution in [1.29, 1.82) is 0 Å². The molecular formula is C15H23BrClNO. The molecule has 2 nitrogen and oxygen atoms in total. The number of rotatable bonds is 10. The quantitative estimate of drug-likeness (QED) is 0.598. The van der Waals surface area contributed by atoms with Crippen LogP contribution in [0.15, 0.2) is 22.7 Å². The Morgan fingerprint density at radius 2 is 1.95 bits per heavy atom. The number of hydrogen-bond acceptors (Lipinski definition) is 2. The minimum absolute atomic E-state index is 0.721. The summed E-state index contributed by atoms with van der Waals surface area (Å²) in [5.74, 6) is 0.869. The van der Waals surface area contributed by atoms with Crippen molar-refractivity contribution in [3.05, 3.63) is 27.7 Å². The molecule has 0 unspecified atom stereocenters. The van der Waals surface area contributed by atoms with Gasteiger partial charge in [0.2, 0.25) is 0 Å². The lowest BCUT2D eigenvalue weighted by Gasteiger charge is -2.08. The molecule has 1 rings (SSSR count). The van der Waals surface area contributed by atoms with E-state index in [2.05, 4.69) is 28.2 Å². The van der Waals surface area contributed by atoms with Crippen LogP contribution in [0.4, 0.5) is 0 Å². The molecule has 0 aromatic heterocycles. The predicted molar refractivity (Wildman–Crippen MR) is 86.3 cm³/mol. The fraction of sp³-hybridized carbons (Fsp3) is 0.600. The third kappa shape index (κ3) is 7.81. The molecule has 0 atom stereocenters. The molecule has 0 amide bonds. The molecule has 1 aromatic carbocycles. The monoisotopic (exact) mass is 347 g/mol. The summed E-state index contributed by atoms with van der Waals surface area (Å²) in [6.07, 6.45) is 6.05. The highest BCUT2D eigenvalue weighted by Crippen LogP contribution is 2.28. The van der Waals surface area contributed by atoms with Gasteiger partial charge in [-0.05, 0) is 66.5 Å². The molecule has 0 heterocycles. The Labute approximate surface area is 130 Å². The SMILES string of the molecule is CCCNCCCCCCOc1ccc(Cl)cc1Br. The van der Waals surface area contributed by atoms with Crippen LogP contribution in [0.1, 0.15) is 39.0 Å². The van der Waals surface area contributed by atoms with Gasteiger partial charge in [-0.15, -0.1) is 0 Å². The second-order valence-corrected chi connectivity index (χ2v) is 5.88. The van der Waals surface area contributed by atoms with E-state index in [1.807, 2.05) is 18.2 Å². The molecule has 1 aromatic rings. The average Bonchev–Trinajstić information content (AvgIpc) is 2.39. The molecule has 4 heteroatoms. The molecule has 1 N–H and O–H groups in total. The van der Waals surface area contributed by atoms with E-state index in [1.54, 1.807) is 0 Å². The second kappa shape index (κ2) is 10.5. The fourth-order valence-corrected chi connectivity index (χ4v) is 2.58. The first-order valence-corrected chi connectivity index (χ1v) is 8.19. The van der Waals surface area contributed by atoms with E-state index in [-0.39, 0.29) is 0 Å². The second-order valence-electron chi connectivity index (χ2n) is 4.59. The van der Waals surface area contributed by atoms with Gasteiger partial charge in [0.05, 0.1) is 11.1 Å². The lowest BCUT2D eigenvalue weighted by Crippen LogP contribution is -2.15. The Kier molecular flexibility index (Phi) is 9.31. The molecule has 0 spiro atoms. The molecule has 0 radical (unpaired) electrons. The van der Waals surface area contributed by atoms with E-state index in [0.717, 1.165) is 41.4 Å². The van der Waals surface area contributed by atoms with Crippen LogP contribution >= 0.6 is 27.5 Å². The highest BCUT2D eigenvalue weighted by Gasteiger charge is 2.01. The Balaban J connectivity index is 2.01. The number of benzene rings is 1. The molecule has 0 saturated heterocycles. The maximum absolute atomic E-state index is 5.88. The van der Waals surface area contributed by atoms with Gasteiger partial charge >= 0.3 is 0 Å². The lowest BCUT2D eigenvalue weighted by atomic mass is 10.2. The van der Waals surface area contributed by atoms with Crippen LogP contribution in [0.25, 0.3) is 0 Å². The molecule has 0 bridgehead atoms. The summed E-state index contributed by atoms with van der Waals surface area (Å²) < 4.78 is 6.64. The first-order chi connectivity index (χ1) is 9.24. The molecule has 0 aliphatic rings. The van der Waals surface area contributed by atoms with Gasteiger partial charge in [0.1, 0.15) is 5.75 Å². The van der Waals surface area contributed by atoms with E-state index >= 15 is 0 Å². The summed E-state index contributed by atoms with van der Waals surface area (Å²) >= 11 is 9.33. The van der Waals surface area contributed by atoms with Gasteiger partial charge in [0.25, 0.3) is 0 Å². The fourth-order valence-electron chi connectivity index (χ4n) is 1.78. The summed E-state index contributed by atoms with van der Waals surface area (Å²) in [6.45, 7) is 5.23. The summed E-state index contributed by atoms with van der Waals surface area (Å²) in [7, 11) is 0. The maximum Gasteiger partial charge on any atom is 0.133 e. The molecule has 108 valence electrons. The number of ether oxygens (including phenoxy) is 1. The van der Waals surface area contributed by atoms with Crippen LogP contribution in [-0.4, -0.2) is 19.7 Å². The standard InChI is InChI=1S/C15H23BrClNO/c1-2-9-18-10-5-3-4-6-11-19-15-8-7-13(17)12-14(15)16/h7-8,12,18H,2-6,9-11H2,1H3. The van der Waals surface area contributed by atoms with Gasteiger partial charge in [0, 0.05) is 5.02 Å². The van der Waals surface area contributed by atoms with Crippen LogP contribution in [0.2, 0.25) is 5.02 Å². The summed E-state index contributed by atoms with van der Waals surface area (Å²) in [4.78, 5) is 0. The van der Waals surface area contributed by atoms with Crippen molar-refractivity contribution in [3.8, 4) is 5.75 Å². The smallest absolute Gasteiger partial charge is 0.133 e. The van der Waals surface area contributed by atoms with Gasteiger partial charge in [-0.2, -0.15) is 0 Å². The van der Waals surface area contributed by atoms with Crippen molar-refractivity contribution < 1.29 is 4.74 Å². The van der Waals surface area contributed by atoms with E-state index in [9.17, 15) is 0 Å². The topological polar surface area (TPSA) is 21.3 Å². The lowest BCUT2D eigenvalue weighted by molar-refractivity contribution is 0.303. The minimum Gasteiger partial charge on any atom is -0.492 e. The zero-order chi connectivity index (χ0) is 13.9. The third-order valence-electron chi connectivity index (χ3n) is 2.83. The van der Waals surface area contributed by atoms with Crippen molar-refractivity contribution >= 4 is 27.5 Å². The van der Waals surface area contributed by atoms with Gasteiger partial charge in [-0.3, -0.25) is 0 Å². The number of halogens is 2. The number of hydrogen-bond donors (Lipinski definition) is 1. The summed E-state index contributed by atoms with van der Waals surface area (Å²) in [6, 6.07) is 5.61. The van der Waals surface area contributed by atoms with E-state index in [4.69, 9.17) is 16.3 Å². The van der Waals surface area contributed by atoms with Crippen LogP contribution in [0, 0.1) is 0 Å². The van der Waals surface area contributed by atoms with Gasteiger partial charge < -0.3 is 10.1 Å². The first-order valence-electron chi connectivity index (χ1n) is 7.02. The number of nitrogens with one attached hydrogen (secondary N) is 1. The van der Waals surface area contributed by atoms with Gasteiger partial charge in [-0.1, -0.05) is 31.4 Å². The molecule has 19 heavy (non-hydrogen) atoms. The summed E-state index contributed by atoms with van der Waals surface area (Å²) in [5, 5.41) is 4.14. The zero-order valence-corrected chi connectivity index (χ0v) is 13.9. The first kappa shape index (κ1) is 16.8. The molecule has 0 aliphatic carbocycles. The van der Waals surface area contributed by atoms with Crippen LogP contribution in [0.3, 0.4) is 0 Å². The Bertz CT molecular complexity index is 360. The van der Waals surface area contributed by atoms with Crippen molar-refractivity contribution in [2.24, 2.45) is 0 Å². The zero-order valence-electron chi connectivity index (χ0n) is 11.6. The summed E-state index contributed by atoms with van der Waals surface area (Å²) in [5.41, 5.74) is 0. The highest BCUT2D eigenvalue weighted by atomic mass is 79.9. The van der Waals surface area contributed by atoms with Crippen LogP contribution in [0.5, 0.6) is 5.75 Å². The average molecular weight is 349 g/mol.